The summed E-state index contributed by atoms with van der Waals surface area (Å²) in [5, 5.41) is 2.97. The molecular weight excluding hydrogens is 308 g/mol. The molecule has 0 fully saturated rings. The maximum atomic E-state index is 12.2. The van der Waals surface area contributed by atoms with Gasteiger partial charge in [-0.1, -0.05) is 31.2 Å². The lowest BCUT2D eigenvalue weighted by atomic mass is 10.1. The average molecular weight is 326 g/mol. The molecule has 1 aromatic carbocycles. The summed E-state index contributed by atoms with van der Waals surface area (Å²) in [4.78, 5) is 21.2. The van der Waals surface area contributed by atoms with Crippen LogP contribution < -0.4 is 5.32 Å². The monoisotopic (exact) mass is 326 g/mol. The number of hydrogen-bond acceptors (Lipinski definition) is 4. The molecule has 1 amide bonds. The third-order valence-corrected chi connectivity index (χ3v) is 4.42. The van der Waals surface area contributed by atoms with E-state index in [0.29, 0.717) is 11.4 Å². The van der Waals surface area contributed by atoms with Gasteiger partial charge in [0.05, 0.1) is 17.5 Å². The first-order chi connectivity index (χ1) is 11.3. The molecule has 3 rings (SSSR count). The Labute approximate surface area is 139 Å². The zero-order valence-electron chi connectivity index (χ0n) is 12.9. The summed E-state index contributed by atoms with van der Waals surface area (Å²) >= 11 is 1.39. The number of hydrogen-bond donors (Lipinski definition) is 1. The topological polar surface area (TPSA) is 59.8 Å². The largest absolute Gasteiger partial charge is 0.347 e. The summed E-state index contributed by atoms with van der Waals surface area (Å²) in [6, 6.07) is 8.21. The van der Waals surface area contributed by atoms with Crippen molar-refractivity contribution < 1.29 is 4.79 Å². The summed E-state index contributed by atoms with van der Waals surface area (Å²) in [5.74, 6) is -0.0515. The summed E-state index contributed by atoms with van der Waals surface area (Å²) < 4.78 is 2.02. The lowest BCUT2D eigenvalue weighted by Gasteiger charge is -2.08. The predicted octanol–water partition coefficient (Wildman–Crippen LogP) is 2.88. The van der Waals surface area contributed by atoms with Crippen LogP contribution in [0.25, 0.3) is 0 Å². The van der Waals surface area contributed by atoms with Gasteiger partial charge in [-0.2, -0.15) is 0 Å². The van der Waals surface area contributed by atoms with E-state index in [2.05, 4.69) is 27.4 Å². The van der Waals surface area contributed by atoms with E-state index in [1.54, 1.807) is 18.0 Å². The number of aryl methyl sites for hydroxylation is 1. The van der Waals surface area contributed by atoms with Crippen LogP contribution in [0.1, 0.15) is 33.4 Å². The molecule has 0 saturated carbocycles. The van der Waals surface area contributed by atoms with Crippen molar-refractivity contribution in [2.45, 2.75) is 26.4 Å². The Hall–Kier alpha value is -2.47. The smallest absolute Gasteiger partial charge is 0.263 e. The first-order valence-electron chi connectivity index (χ1n) is 7.50. The normalized spacial score (nSPS) is 10.7. The Balaban J connectivity index is 1.63. The third kappa shape index (κ3) is 3.84. The lowest BCUT2D eigenvalue weighted by Crippen LogP contribution is -2.23. The standard InChI is InChI=1S/C17H18N4OS/c1-2-15-16(23-12-20-15)17(22)19-9-13-4-3-5-14(8-13)10-21-7-6-18-11-21/h3-8,11-12H,2,9-10H2,1H3,(H,19,22). The van der Waals surface area contributed by atoms with E-state index >= 15 is 0 Å². The molecule has 118 valence electrons. The number of carbonyl (C=O) groups is 1. The minimum absolute atomic E-state index is 0.0515. The van der Waals surface area contributed by atoms with Crippen LogP contribution in [-0.2, 0) is 19.5 Å². The molecule has 0 bridgehead atoms. The molecule has 0 aliphatic carbocycles. The molecule has 0 aliphatic rings. The van der Waals surface area contributed by atoms with E-state index in [0.717, 1.165) is 24.2 Å². The first-order valence-corrected chi connectivity index (χ1v) is 8.38. The maximum Gasteiger partial charge on any atom is 0.263 e. The molecular formula is C17H18N4OS. The number of rotatable bonds is 6. The van der Waals surface area contributed by atoms with Crippen molar-refractivity contribution in [2.24, 2.45) is 0 Å². The molecule has 2 heterocycles. The summed E-state index contributed by atoms with van der Waals surface area (Å²) in [6.07, 6.45) is 6.27. The number of nitrogens with one attached hydrogen (secondary N) is 1. The van der Waals surface area contributed by atoms with Gasteiger partial charge in [0.25, 0.3) is 5.91 Å². The van der Waals surface area contributed by atoms with Crippen LogP contribution in [0.2, 0.25) is 0 Å². The van der Waals surface area contributed by atoms with Gasteiger partial charge >= 0.3 is 0 Å². The van der Waals surface area contributed by atoms with Crippen LogP contribution in [0.4, 0.5) is 0 Å². The van der Waals surface area contributed by atoms with Gasteiger partial charge in [-0.15, -0.1) is 11.3 Å². The van der Waals surface area contributed by atoms with Gasteiger partial charge in [0, 0.05) is 25.5 Å². The molecule has 0 atom stereocenters. The van der Waals surface area contributed by atoms with Crippen molar-refractivity contribution in [3.63, 3.8) is 0 Å². The minimum atomic E-state index is -0.0515. The van der Waals surface area contributed by atoms with E-state index in [1.165, 1.54) is 16.9 Å². The fourth-order valence-corrected chi connectivity index (χ4v) is 3.20. The Morgan fingerprint density at radius 2 is 2.22 bits per heavy atom. The summed E-state index contributed by atoms with van der Waals surface area (Å²) in [7, 11) is 0. The molecule has 5 nitrogen and oxygen atoms in total. The van der Waals surface area contributed by atoms with Crippen LogP contribution in [0.5, 0.6) is 0 Å². The quantitative estimate of drug-likeness (QED) is 0.758. The van der Waals surface area contributed by atoms with Crippen LogP contribution in [0.15, 0.2) is 48.5 Å². The Morgan fingerprint density at radius 3 is 3.00 bits per heavy atom. The Kier molecular flexibility index (Phi) is 4.83. The number of imidazole rings is 1. The molecule has 0 unspecified atom stereocenters. The molecule has 1 N–H and O–H groups in total. The fraction of sp³-hybridized carbons (Fsp3) is 0.235. The summed E-state index contributed by atoms with van der Waals surface area (Å²) in [6.45, 7) is 3.29. The van der Waals surface area contributed by atoms with Crippen molar-refractivity contribution in [1.29, 1.82) is 0 Å². The van der Waals surface area contributed by atoms with Gasteiger partial charge in [0.2, 0.25) is 0 Å². The van der Waals surface area contributed by atoms with Crippen LogP contribution in [0, 0.1) is 0 Å². The van der Waals surface area contributed by atoms with Crippen molar-refractivity contribution in [1.82, 2.24) is 19.9 Å². The second-order valence-electron chi connectivity index (χ2n) is 5.22. The van der Waals surface area contributed by atoms with Gasteiger partial charge < -0.3 is 9.88 Å². The SMILES string of the molecule is CCc1ncsc1C(=O)NCc1cccc(Cn2ccnc2)c1. The second-order valence-corrected chi connectivity index (χ2v) is 6.07. The molecule has 6 heteroatoms. The van der Waals surface area contributed by atoms with E-state index in [1.807, 2.05) is 29.8 Å². The average Bonchev–Trinajstić information content (AvgIpc) is 3.24. The number of nitrogens with zero attached hydrogens (tertiary/aromatic N) is 3. The predicted molar refractivity (Wildman–Crippen MR) is 90.4 cm³/mol. The number of thiazole rings is 1. The number of carbonyl (C=O) groups excluding carboxylic acids is 1. The summed E-state index contributed by atoms with van der Waals surface area (Å²) in [5.41, 5.74) is 4.85. The Bertz CT molecular complexity index is 780. The van der Waals surface area contributed by atoms with Crippen LogP contribution in [0.3, 0.4) is 0 Å². The van der Waals surface area contributed by atoms with Gasteiger partial charge in [-0.25, -0.2) is 9.97 Å². The highest BCUT2D eigenvalue weighted by Crippen LogP contribution is 2.14. The molecule has 23 heavy (non-hydrogen) atoms. The highest BCUT2D eigenvalue weighted by molar-refractivity contribution is 7.11. The molecule has 0 radical (unpaired) electrons. The van der Waals surface area contributed by atoms with Gasteiger partial charge in [0.15, 0.2) is 0 Å². The van der Waals surface area contributed by atoms with Crippen molar-refractivity contribution in [2.75, 3.05) is 0 Å². The van der Waals surface area contributed by atoms with Crippen molar-refractivity contribution in [3.8, 4) is 0 Å². The zero-order valence-corrected chi connectivity index (χ0v) is 13.7. The van der Waals surface area contributed by atoms with Crippen molar-refractivity contribution in [3.05, 3.63) is 70.2 Å². The highest BCUT2D eigenvalue weighted by Gasteiger charge is 2.12. The highest BCUT2D eigenvalue weighted by atomic mass is 32.1. The molecule has 0 spiro atoms. The van der Waals surface area contributed by atoms with Crippen molar-refractivity contribution >= 4 is 17.2 Å². The maximum absolute atomic E-state index is 12.2. The fourth-order valence-electron chi connectivity index (χ4n) is 2.40. The molecule has 0 saturated heterocycles. The minimum Gasteiger partial charge on any atom is -0.347 e. The number of aromatic nitrogens is 3. The van der Waals surface area contributed by atoms with E-state index in [-0.39, 0.29) is 5.91 Å². The molecule has 2 aromatic heterocycles. The number of benzene rings is 1. The van der Waals surface area contributed by atoms with Gasteiger partial charge in [-0.3, -0.25) is 4.79 Å². The van der Waals surface area contributed by atoms with Gasteiger partial charge in [-0.05, 0) is 17.5 Å². The molecule has 3 aromatic rings. The lowest BCUT2D eigenvalue weighted by molar-refractivity contribution is 0.0954. The second kappa shape index (κ2) is 7.19. The van der Waals surface area contributed by atoms with Crippen LogP contribution in [-0.4, -0.2) is 20.4 Å². The van der Waals surface area contributed by atoms with E-state index < -0.39 is 0 Å². The number of amides is 1. The van der Waals surface area contributed by atoms with Crippen LogP contribution >= 0.6 is 11.3 Å². The Morgan fingerprint density at radius 1 is 1.35 bits per heavy atom. The first kappa shape index (κ1) is 15.4. The van der Waals surface area contributed by atoms with E-state index in [4.69, 9.17) is 0 Å². The van der Waals surface area contributed by atoms with Gasteiger partial charge in [0.1, 0.15) is 4.88 Å². The molecule has 0 aliphatic heterocycles. The zero-order chi connectivity index (χ0) is 16.1. The third-order valence-electron chi connectivity index (χ3n) is 3.55. The van der Waals surface area contributed by atoms with E-state index in [9.17, 15) is 4.79 Å².